The molecule has 0 fully saturated rings. The molecule has 0 spiro atoms. The Hall–Kier alpha value is -1.27. The van der Waals surface area contributed by atoms with Gasteiger partial charge in [-0.15, -0.1) is 0 Å². The fourth-order valence-corrected chi connectivity index (χ4v) is 2.81. The SMILES string of the molecule is CCN(CC)CCOc1c(C)cc(NS(C)(=O)=O)cc1C. The molecule has 0 amide bonds. The molecule has 1 aromatic rings. The summed E-state index contributed by atoms with van der Waals surface area (Å²) in [5, 5.41) is 0. The van der Waals surface area contributed by atoms with Gasteiger partial charge in [0, 0.05) is 12.2 Å². The van der Waals surface area contributed by atoms with Crippen LogP contribution in [-0.4, -0.2) is 45.8 Å². The number of rotatable bonds is 8. The molecular formula is C15H26N2O3S. The van der Waals surface area contributed by atoms with Crippen molar-refractivity contribution in [1.82, 2.24) is 4.90 Å². The maximum absolute atomic E-state index is 11.3. The zero-order valence-corrected chi connectivity index (χ0v) is 14.4. The first kappa shape index (κ1) is 17.8. The van der Waals surface area contributed by atoms with Crippen LogP contribution in [0, 0.1) is 13.8 Å². The number of sulfonamides is 1. The molecule has 21 heavy (non-hydrogen) atoms. The number of nitrogens with zero attached hydrogens (tertiary/aromatic N) is 1. The van der Waals surface area contributed by atoms with Gasteiger partial charge in [0.2, 0.25) is 10.0 Å². The van der Waals surface area contributed by atoms with Crippen LogP contribution in [0.3, 0.4) is 0 Å². The van der Waals surface area contributed by atoms with Gasteiger partial charge in [0.15, 0.2) is 0 Å². The Bertz CT molecular complexity index is 543. The second kappa shape index (κ2) is 7.66. The van der Waals surface area contributed by atoms with Crippen molar-refractivity contribution in [1.29, 1.82) is 0 Å². The van der Waals surface area contributed by atoms with Crippen LogP contribution >= 0.6 is 0 Å². The highest BCUT2D eigenvalue weighted by Gasteiger charge is 2.09. The van der Waals surface area contributed by atoms with Crippen molar-refractivity contribution >= 4 is 15.7 Å². The Morgan fingerprint density at radius 1 is 1.14 bits per heavy atom. The average Bonchev–Trinajstić information content (AvgIpc) is 2.35. The van der Waals surface area contributed by atoms with E-state index in [1.54, 1.807) is 12.1 Å². The molecule has 0 heterocycles. The van der Waals surface area contributed by atoms with Gasteiger partial charge in [0.05, 0.1) is 6.26 Å². The van der Waals surface area contributed by atoms with E-state index in [1.165, 1.54) is 0 Å². The first-order valence-corrected chi connectivity index (χ1v) is 9.10. The Kier molecular flexibility index (Phi) is 6.48. The predicted octanol–water partition coefficient (Wildman–Crippen LogP) is 2.40. The zero-order valence-electron chi connectivity index (χ0n) is 13.6. The lowest BCUT2D eigenvalue weighted by atomic mass is 10.1. The van der Waals surface area contributed by atoms with E-state index in [2.05, 4.69) is 23.5 Å². The molecule has 0 bridgehead atoms. The number of likely N-dealkylation sites (N-methyl/N-ethyl adjacent to an activating group) is 1. The molecule has 120 valence electrons. The van der Waals surface area contributed by atoms with Crippen LogP contribution in [0.1, 0.15) is 25.0 Å². The van der Waals surface area contributed by atoms with Gasteiger partial charge in [0.1, 0.15) is 12.4 Å². The second-order valence-corrected chi connectivity index (χ2v) is 6.94. The van der Waals surface area contributed by atoms with E-state index < -0.39 is 10.0 Å². The van der Waals surface area contributed by atoms with Gasteiger partial charge in [-0.3, -0.25) is 4.72 Å². The minimum atomic E-state index is -3.26. The molecular weight excluding hydrogens is 288 g/mol. The van der Waals surface area contributed by atoms with Crippen molar-refractivity contribution in [3.8, 4) is 5.75 Å². The van der Waals surface area contributed by atoms with Crippen molar-refractivity contribution in [3.63, 3.8) is 0 Å². The Morgan fingerprint density at radius 2 is 1.67 bits per heavy atom. The lowest BCUT2D eigenvalue weighted by Gasteiger charge is -2.20. The summed E-state index contributed by atoms with van der Waals surface area (Å²) in [5.74, 6) is 0.834. The normalized spacial score (nSPS) is 11.7. The van der Waals surface area contributed by atoms with E-state index in [0.717, 1.165) is 42.8 Å². The van der Waals surface area contributed by atoms with Gasteiger partial charge >= 0.3 is 0 Å². The summed E-state index contributed by atoms with van der Waals surface area (Å²) in [5.41, 5.74) is 2.44. The maximum Gasteiger partial charge on any atom is 0.229 e. The molecule has 0 atom stereocenters. The van der Waals surface area contributed by atoms with Gasteiger partial charge < -0.3 is 9.64 Å². The van der Waals surface area contributed by atoms with E-state index >= 15 is 0 Å². The topological polar surface area (TPSA) is 58.6 Å². The quantitative estimate of drug-likeness (QED) is 0.800. The highest BCUT2D eigenvalue weighted by molar-refractivity contribution is 7.92. The van der Waals surface area contributed by atoms with E-state index in [-0.39, 0.29) is 0 Å². The number of hydrogen-bond donors (Lipinski definition) is 1. The summed E-state index contributed by atoms with van der Waals surface area (Å²) in [6.45, 7) is 11.6. The summed E-state index contributed by atoms with van der Waals surface area (Å²) in [4.78, 5) is 2.30. The third kappa shape index (κ3) is 5.93. The molecule has 5 nitrogen and oxygen atoms in total. The Balaban J connectivity index is 2.76. The number of ether oxygens (including phenoxy) is 1. The second-order valence-electron chi connectivity index (χ2n) is 5.19. The molecule has 0 saturated carbocycles. The van der Waals surface area contributed by atoms with Gasteiger partial charge in [-0.1, -0.05) is 13.8 Å². The van der Waals surface area contributed by atoms with E-state index in [9.17, 15) is 8.42 Å². The molecule has 0 aromatic heterocycles. The number of anilines is 1. The van der Waals surface area contributed by atoms with Crippen LogP contribution in [0.4, 0.5) is 5.69 Å². The fourth-order valence-electron chi connectivity index (χ4n) is 2.27. The van der Waals surface area contributed by atoms with E-state index in [1.807, 2.05) is 13.8 Å². The first-order valence-electron chi connectivity index (χ1n) is 7.21. The average molecular weight is 314 g/mol. The summed E-state index contributed by atoms with van der Waals surface area (Å²) in [6, 6.07) is 3.58. The molecule has 0 aliphatic heterocycles. The molecule has 0 aliphatic carbocycles. The van der Waals surface area contributed by atoms with E-state index in [4.69, 9.17) is 4.74 Å². The molecule has 0 aliphatic rings. The van der Waals surface area contributed by atoms with Gasteiger partial charge in [-0.05, 0) is 50.2 Å². The van der Waals surface area contributed by atoms with Crippen LogP contribution in [0.2, 0.25) is 0 Å². The largest absolute Gasteiger partial charge is 0.492 e. The standard InChI is InChI=1S/C15H26N2O3S/c1-6-17(7-2)8-9-20-15-12(3)10-14(11-13(15)4)16-21(5,18)19/h10-11,16H,6-9H2,1-5H3. The minimum absolute atomic E-state index is 0.573. The highest BCUT2D eigenvalue weighted by atomic mass is 32.2. The molecule has 0 unspecified atom stereocenters. The molecule has 1 N–H and O–H groups in total. The van der Waals surface area contributed by atoms with Crippen LogP contribution < -0.4 is 9.46 Å². The fraction of sp³-hybridized carbons (Fsp3) is 0.600. The summed E-state index contributed by atoms with van der Waals surface area (Å²) in [7, 11) is -3.26. The minimum Gasteiger partial charge on any atom is -0.492 e. The molecule has 0 radical (unpaired) electrons. The van der Waals surface area contributed by atoms with Crippen LogP contribution in [-0.2, 0) is 10.0 Å². The first-order chi connectivity index (χ1) is 9.76. The summed E-state index contributed by atoms with van der Waals surface area (Å²) < 4.78 is 30.9. The Morgan fingerprint density at radius 3 is 2.10 bits per heavy atom. The molecule has 0 saturated heterocycles. The third-order valence-corrected chi connectivity index (χ3v) is 3.92. The molecule has 1 rings (SSSR count). The van der Waals surface area contributed by atoms with Crippen molar-refractivity contribution in [3.05, 3.63) is 23.3 Å². The predicted molar refractivity (Wildman–Crippen MR) is 87.7 cm³/mol. The van der Waals surface area contributed by atoms with Crippen molar-refractivity contribution in [2.75, 3.05) is 37.2 Å². The van der Waals surface area contributed by atoms with Crippen molar-refractivity contribution < 1.29 is 13.2 Å². The van der Waals surface area contributed by atoms with Crippen LogP contribution in [0.25, 0.3) is 0 Å². The summed E-state index contributed by atoms with van der Waals surface area (Å²) in [6.07, 6.45) is 1.15. The van der Waals surface area contributed by atoms with Gasteiger partial charge in [-0.2, -0.15) is 0 Å². The number of nitrogens with one attached hydrogen (secondary N) is 1. The number of hydrogen-bond acceptors (Lipinski definition) is 4. The highest BCUT2D eigenvalue weighted by Crippen LogP contribution is 2.27. The monoisotopic (exact) mass is 314 g/mol. The van der Waals surface area contributed by atoms with E-state index in [0.29, 0.717) is 12.3 Å². The van der Waals surface area contributed by atoms with Gasteiger partial charge in [0.25, 0.3) is 0 Å². The van der Waals surface area contributed by atoms with Crippen molar-refractivity contribution in [2.45, 2.75) is 27.7 Å². The number of benzene rings is 1. The lowest BCUT2D eigenvalue weighted by molar-refractivity contribution is 0.221. The van der Waals surface area contributed by atoms with Gasteiger partial charge in [-0.25, -0.2) is 8.42 Å². The van der Waals surface area contributed by atoms with Crippen LogP contribution in [0.5, 0.6) is 5.75 Å². The lowest BCUT2D eigenvalue weighted by Crippen LogP contribution is -2.28. The maximum atomic E-state index is 11.3. The molecule has 1 aromatic carbocycles. The third-order valence-electron chi connectivity index (χ3n) is 3.31. The van der Waals surface area contributed by atoms with Crippen LogP contribution in [0.15, 0.2) is 12.1 Å². The smallest absolute Gasteiger partial charge is 0.229 e. The number of aryl methyl sites for hydroxylation is 2. The zero-order chi connectivity index (χ0) is 16.0. The Labute approximate surface area is 128 Å². The van der Waals surface area contributed by atoms with Crippen molar-refractivity contribution in [2.24, 2.45) is 0 Å². The molecule has 6 heteroatoms. The summed E-state index contributed by atoms with van der Waals surface area (Å²) >= 11 is 0.